The van der Waals surface area contributed by atoms with Gasteiger partial charge in [-0.1, -0.05) is 72.8 Å². The molecule has 4 rings (SSSR count). The zero-order valence-corrected chi connectivity index (χ0v) is 11.5. The van der Waals surface area contributed by atoms with Crippen LogP contribution in [0.15, 0.2) is 84.9 Å². The van der Waals surface area contributed by atoms with Crippen LogP contribution in [0.5, 0.6) is 11.5 Å². The maximum absolute atomic E-state index is 6.20. The van der Waals surface area contributed by atoms with Crippen LogP contribution in [0.25, 0.3) is 21.5 Å². The lowest BCUT2D eigenvalue weighted by Gasteiger charge is -2.11. The second-order valence-electron chi connectivity index (χ2n) is 5.06. The van der Waals surface area contributed by atoms with Crippen molar-refractivity contribution in [1.82, 2.24) is 0 Å². The Morgan fingerprint density at radius 2 is 0.864 bits per heavy atom. The van der Waals surface area contributed by atoms with Crippen LogP contribution in [0.2, 0.25) is 0 Å². The van der Waals surface area contributed by atoms with Crippen LogP contribution >= 0.6 is 0 Å². The Bertz CT molecular complexity index is 843. The first-order valence-corrected chi connectivity index (χ1v) is 7.05. The third kappa shape index (κ3) is 2.68. The third-order valence-electron chi connectivity index (χ3n) is 3.72. The third-order valence-corrected chi connectivity index (χ3v) is 3.72. The summed E-state index contributed by atoms with van der Waals surface area (Å²) >= 11 is 0. The molecule has 0 aliphatic heterocycles. The average molecular weight is 297 g/mol. The van der Waals surface area contributed by atoms with Gasteiger partial charge in [-0.15, -0.1) is 0 Å². The molecule has 2 heteroatoms. The summed E-state index contributed by atoms with van der Waals surface area (Å²) in [6.45, 7) is 0. The molecule has 0 fully saturated rings. The molecule has 0 saturated heterocycles. The molecule has 0 bridgehead atoms. The maximum Gasteiger partial charge on any atom is 0.316 e. The molecule has 0 aromatic heterocycles. The van der Waals surface area contributed by atoms with Crippen molar-refractivity contribution in [3.8, 4) is 11.5 Å². The Hall–Kier alpha value is -2.03. The van der Waals surface area contributed by atoms with Gasteiger partial charge >= 0.3 is 23.1 Å². The first-order valence-electron chi connectivity index (χ1n) is 7.05. The zero-order chi connectivity index (χ0) is 14.1. The normalized spacial score (nSPS) is 10.4. The highest BCUT2D eigenvalue weighted by Gasteiger charge is 2.05. The van der Waals surface area contributed by atoms with Gasteiger partial charge in [0.05, 0.1) is 0 Å². The van der Waals surface area contributed by atoms with E-state index < -0.39 is 0 Å². The summed E-state index contributed by atoms with van der Waals surface area (Å²) in [7, 11) is 0. The number of rotatable bonds is 2. The van der Waals surface area contributed by atoms with E-state index in [0.717, 1.165) is 22.3 Å². The number of hydrogen-bond acceptors (Lipinski definition) is 1. The summed E-state index contributed by atoms with van der Waals surface area (Å²) in [5.74, 6) is 1.79. The zero-order valence-electron chi connectivity index (χ0n) is 11.5. The van der Waals surface area contributed by atoms with Crippen molar-refractivity contribution in [3.63, 3.8) is 0 Å². The molecule has 104 valence electrons. The highest BCUT2D eigenvalue weighted by atomic mass is 24.3. The van der Waals surface area contributed by atoms with Gasteiger partial charge in [-0.3, -0.25) is 0 Å². The molecule has 0 atom stereocenters. The van der Waals surface area contributed by atoms with Crippen molar-refractivity contribution < 1.29 is 4.74 Å². The molecule has 22 heavy (non-hydrogen) atoms. The van der Waals surface area contributed by atoms with E-state index in [0.29, 0.717) is 0 Å². The minimum atomic E-state index is 0. The van der Waals surface area contributed by atoms with Crippen molar-refractivity contribution in [3.05, 3.63) is 84.9 Å². The topological polar surface area (TPSA) is 9.23 Å². The van der Waals surface area contributed by atoms with Gasteiger partial charge in [-0.2, -0.15) is 0 Å². The van der Waals surface area contributed by atoms with E-state index >= 15 is 0 Å². The van der Waals surface area contributed by atoms with Crippen LogP contribution in [0.3, 0.4) is 0 Å². The van der Waals surface area contributed by atoms with Gasteiger partial charge in [0.25, 0.3) is 0 Å². The summed E-state index contributed by atoms with van der Waals surface area (Å²) in [4.78, 5) is 0. The second kappa shape index (κ2) is 6.38. The number of ether oxygens (including phenoxy) is 1. The van der Waals surface area contributed by atoms with E-state index in [1.165, 1.54) is 10.8 Å². The largest absolute Gasteiger partial charge is 0.456 e. The van der Waals surface area contributed by atoms with Crippen molar-refractivity contribution in [2.24, 2.45) is 0 Å². The van der Waals surface area contributed by atoms with Crippen LogP contribution in [0.4, 0.5) is 0 Å². The summed E-state index contributed by atoms with van der Waals surface area (Å²) in [5, 5.41) is 4.64. The SMILES string of the molecule is [MgH2].c1ccc2c(Oc3cccc4ccccc34)cccc2c1. The Kier molecular flexibility index (Phi) is 4.32. The Balaban J connectivity index is 0.00000144. The molecule has 0 saturated carbocycles. The fraction of sp³-hybridized carbons (Fsp3) is 0. The lowest BCUT2D eigenvalue weighted by atomic mass is 10.1. The second-order valence-corrected chi connectivity index (χ2v) is 5.06. The molecule has 1 nitrogen and oxygen atoms in total. The summed E-state index contributed by atoms with van der Waals surface area (Å²) in [5.41, 5.74) is 0. The summed E-state index contributed by atoms with van der Waals surface area (Å²) in [6, 6.07) is 28.9. The van der Waals surface area contributed by atoms with Crippen molar-refractivity contribution in [1.29, 1.82) is 0 Å². The van der Waals surface area contributed by atoms with Crippen molar-refractivity contribution >= 4 is 44.6 Å². The minimum Gasteiger partial charge on any atom is -0.456 e. The molecule has 0 radical (unpaired) electrons. The van der Waals surface area contributed by atoms with Crippen LogP contribution in [-0.4, -0.2) is 23.1 Å². The lowest BCUT2D eigenvalue weighted by Crippen LogP contribution is -1.87. The van der Waals surface area contributed by atoms with Crippen molar-refractivity contribution in [2.45, 2.75) is 0 Å². The number of benzene rings is 4. The van der Waals surface area contributed by atoms with Gasteiger partial charge in [-0.05, 0) is 22.9 Å². The summed E-state index contributed by atoms with van der Waals surface area (Å²) in [6.07, 6.45) is 0. The first kappa shape index (κ1) is 14.9. The molecule has 4 aromatic rings. The van der Waals surface area contributed by atoms with E-state index in [9.17, 15) is 0 Å². The molecule has 0 amide bonds. The lowest BCUT2D eigenvalue weighted by molar-refractivity contribution is 0.494. The van der Waals surface area contributed by atoms with E-state index in [4.69, 9.17) is 4.74 Å². The summed E-state index contributed by atoms with van der Waals surface area (Å²) < 4.78 is 6.20. The highest BCUT2D eigenvalue weighted by molar-refractivity contribution is 5.91. The quantitative estimate of drug-likeness (QED) is 0.480. The molecule has 0 N–H and O–H groups in total. The van der Waals surface area contributed by atoms with E-state index in [1.807, 2.05) is 48.5 Å². The Morgan fingerprint density at radius 3 is 1.36 bits per heavy atom. The van der Waals surface area contributed by atoms with Gasteiger partial charge < -0.3 is 4.74 Å². The first-order chi connectivity index (χ1) is 10.4. The van der Waals surface area contributed by atoms with Gasteiger partial charge in [0, 0.05) is 10.8 Å². The van der Waals surface area contributed by atoms with Gasteiger partial charge in [0.2, 0.25) is 0 Å². The molecule has 4 aromatic carbocycles. The fourth-order valence-electron chi connectivity index (χ4n) is 2.69. The molecular weight excluding hydrogens is 281 g/mol. The standard InChI is InChI=1S/C20H14O.Mg.2H/c1-3-11-17-15(7-1)9-5-13-19(17)21-20-14-6-10-16-8-2-4-12-18(16)20;;;/h1-14H;;;. The molecular formula is C20H16MgO. The average Bonchev–Trinajstić information content (AvgIpc) is 2.56. The fourth-order valence-corrected chi connectivity index (χ4v) is 2.69. The Labute approximate surface area is 145 Å². The van der Waals surface area contributed by atoms with Crippen LogP contribution < -0.4 is 4.74 Å². The van der Waals surface area contributed by atoms with E-state index in [2.05, 4.69) is 36.4 Å². The monoisotopic (exact) mass is 296 g/mol. The van der Waals surface area contributed by atoms with E-state index in [1.54, 1.807) is 0 Å². The smallest absolute Gasteiger partial charge is 0.316 e. The molecule has 0 spiro atoms. The molecule has 0 aliphatic carbocycles. The van der Waals surface area contributed by atoms with Crippen LogP contribution in [-0.2, 0) is 0 Å². The van der Waals surface area contributed by atoms with Crippen LogP contribution in [0, 0.1) is 0 Å². The van der Waals surface area contributed by atoms with Crippen molar-refractivity contribution in [2.75, 3.05) is 0 Å². The predicted octanol–water partition coefficient (Wildman–Crippen LogP) is 4.87. The van der Waals surface area contributed by atoms with E-state index in [-0.39, 0.29) is 23.1 Å². The maximum atomic E-state index is 6.20. The minimum absolute atomic E-state index is 0. The Morgan fingerprint density at radius 1 is 0.455 bits per heavy atom. The highest BCUT2D eigenvalue weighted by Crippen LogP contribution is 2.33. The molecule has 0 heterocycles. The number of hydrogen-bond donors (Lipinski definition) is 0. The van der Waals surface area contributed by atoms with Gasteiger partial charge in [0.1, 0.15) is 11.5 Å². The molecule has 0 aliphatic rings. The van der Waals surface area contributed by atoms with Gasteiger partial charge in [0.15, 0.2) is 0 Å². The van der Waals surface area contributed by atoms with Crippen LogP contribution in [0.1, 0.15) is 0 Å². The number of fused-ring (bicyclic) bond motifs is 2. The molecule has 0 unspecified atom stereocenters. The van der Waals surface area contributed by atoms with Gasteiger partial charge in [-0.25, -0.2) is 0 Å². The predicted molar refractivity (Wildman–Crippen MR) is 96.5 cm³/mol.